The fourth-order valence-electron chi connectivity index (χ4n) is 3.65. The van der Waals surface area contributed by atoms with Gasteiger partial charge < -0.3 is 10.1 Å². The number of ether oxygens (including phenoxy) is 1. The van der Waals surface area contributed by atoms with Gasteiger partial charge in [0.25, 0.3) is 17.7 Å². The number of benzene rings is 3. The third kappa shape index (κ3) is 5.45. The summed E-state index contributed by atoms with van der Waals surface area (Å²) in [7, 11) is 0. The van der Waals surface area contributed by atoms with Gasteiger partial charge in [-0.1, -0.05) is 47.5 Å². The van der Waals surface area contributed by atoms with E-state index < -0.39 is 17.8 Å². The number of amides is 5. The first-order valence-corrected chi connectivity index (χ1v) is 11.4. The van der Waals surface area contributed by atoms with Crippen LogP contribution in [0.15, 0.2) is 72.3 Å². The van der Waals surface area contributed by atoms with Crippen molar-refractivity contribution < 1.29 is 23.9 Å². The Kier molecular flexibility index (Phi) is 7.17. The molecular weight excluding hydrogens is 482 g/mol. The lowest BCUT2D eigenvalue weighted by Gasteiger charge is -2.26. The summed E-state index contributed by atoms with van der Waals surface area (Å²) in [6.45, 7) is 3.58. The minimum atomic E-state index is -0.864. The first-order chi connectivity index (χ1) is 17.2. The zero-order chi connectivity index (χ0) is 25.8. The molecule has 1 heterocycles. The highest BCUT2D eigenvalue weighted by atomic mass is 35.5. The van der Waals surface area contributed by atoms with Crippen molar-refractivity contribution in [2.75, 3.05) is 16.8 Å². The van der Waals surface area contributed by atoms with Crippen LogP contribution in [-0.2, 0) is 14.4 Å². The Labute approximate surface area is 212 Å². The predicted molar refractivity (Wildman–Crippen MR) is 137 cm³/mol. The molecule has 1 aliphatic heterocycles. The molecule has 5 amide bonds. The fraction of sp³-hybridized carbons (Fsp3) is 0.111. The number of aryl methyl sites for hydroxylation is 2. The molecule has 0 radical (unpaired) electrons. The summed E-state index contributed by atoms with van der Waals surface area (Å²) in [6.07, 6.45) is 1.32. The van der Waals surface area contributed by atoms with Crippen molar-refractivity contribution in [1.29, 1.82) is 0 Å². The van der Waals surface area contributed by atoms with Crippen LogP contribution < -0.4 is 20.3 Å². The number of nitrogens with zero attached hydrogens (tertiary/aromatic N) is 1. The minimum absolute atomic E-state index is 0.257. The number of urea groups is 1. The number of barbiturate groups is 1. The average Bonchev–Trinajstić information content (AvgIpc) is 2.84. The molecule has 0 aromatic heterocycles. The molecule has 182 valence electrons. The van der Waals surface area contributed by atoms with E-state index in [0.29, 0.717) is 16.3 Å². The van der Waals surface area contributed by atoms with Crippen molar-refractivity contribution in [3.05, 3.63) is 94.0 Å². The Morgan fingerprint density at radius 3 is 2.47 bits per heavy atom. The zero-order valence-corrected chi connectivity index (χ0v) is 20.3. The smallest absolute Gasteiger partial charge is 0.335 e. The number of hydrogen-bond acceptors (Lipinski definition) is 5. The highest BCUT2D eigenvalue weighted by Crippen LogP contribution is 2.26. The first-order valence-electron chi connectivity index (χ1n) is 11.0. The number of rotatable bonds is 6. The number of halogens is 1. The molecule has 2 N–H and O–H groups in total. The lowest BCUT2D eigenvalue weighted by atomic mass is 10.1. The number of nitrogens with one attached hydrogen (secondary N) is 2. The van der Waals surface area contributed by atoms with Gasteiger partial charge in [-0.25, -0.2) is 9.69 Å². The van der Waals surface area contributed by atoms with Crippen LogP contribution >= 0.6 is 11.6 Å². The van der Waals surface area contributed by atoms with Crippen LogP contribution in [0.25, 0.3) is 6.08 Å². The quantitative estimate of drug-likeness (QED) is 0.376. The van der Waals surface area contributed by atoms with Crippen molar-refractivity contribution in [2.45, 2.75) is 13.8 Å². The molecule has 1 fully saturated rings. The largest absolute Gasteiger partial charge is 0.483 e. The summed E-state index contributed by atoms with van der Waals surface area (Å²) in [5.74, 6) is -1.71. The van der Waals surface area contributed by atoms with Gasteiger partial charge in [0.1, 0.15) is 11.3 Å². The van der Waals surface area contributed by atoms with Crippen molar-refractivity contribution in [2.24, 2.45) is 0 Å². The minimum Gasteiger partial charge on any atom is -0.483 e. The Morgan fingerprint density at radius 2 is 1.75 bits per heavy atom. The number of para-hydroxylation sites is 1. The molecule has 9 heteroatoms. The van der Waals surface area contributed by atoms with Crippen LogP contribution in [-0.4, -0.2) is 30.4 Å². The van der Waals surface area contributed by atoms with Gasteiger partial charge in [-0.15, -0.1) is 0 Å². The molecular formula is C27H22ClN3O5. The van der Waals surface area contributed by atoms with Crippen LogP contribution in [0.1, 0.15) is 16.7 Å². The summed E-state index contributed by atoms with van der Waals surface area (Å²) in [5.41, 5.74) is 3.08. The van der Waals surface area contributed by atoms with Gasteiger partial charge >= 0.3 is 6.03 Å². The highest BCUT2D eigenvalue weighted by Gasteiger charge is 2.37. The molecule has 1 aliphatic rings. The van der Waals surface area contributed by atoms with E-state index in [1.165, 1.54) is 30.3 Å². The second kappa shape index (κ2) is 10.5. The molecule has 0 saturated carbocycles. The molecule has 0 unspecified atom stereocenters. The zero-order valence-electron chi connectivity index (χ0n) is 19.5. The SMILES string of the molecule is Cc1ccc(NC(=O)COc2ccccc2/C=C2/C(=O)NC(=O)N(c3ccc(Cl)cc3)C2=O)c(C)c1. The fourth-order valence-corrected chi connectivity index (χ4v) is 3.78. The second-order valence-corrected chi connectivity index (χ2v) is 8.56. The van der Waals surface area contributed by atoms with Crippen LogP contribution in [0, 0.1) is 13.8 Å². The first kappa shape index (κ1) is 24.7. The van der Waals surface area contributed by atoms with E-state index in [0.717, 1.165) is 16.0 Å². The van der Waals surface area contributed by atoms with Gasteiger partial charge in [-0.3, -0.25) is 19.7 Å². The molecule has 4 rings (SSSR count). The average molecular weight is 504 g/mol. The van der Waals surface area contributed by atoms with Gasteiger partial charge in [-0.05, 0) is 61.9 Å². The summed E-state index contributed by atoms with van der Waals surface area (Å²) in [5, 5.41) is 5.41. The number of carbonyl (C=O) groups is 4. The number of hydrogen-bond donors (Lipinski definition) is 2. The number of carbonyl (C=O) groups excluding carboxylic acids is 4. The van der Waals surface area contributed by atoms with E-state index in [-0.39, 0.29) is 29.5 Å². The molecule has 0 bridgehead atoms. The predicted octanol–water partition coefficient (Wildman–Crippen LogP) is 4.64. The molecule has 1 saturated heterocycles. The number of anilines is 2. The monoisotopic (exact) mass is 503 g/mol. The topological polar surface area (TPSA) is 105 Å². The van der Waals surface area contributed by atoms with Crippen LogP contribution in [0.4, 0.5) is 16.2 Å². The Hall–Kier alpha value is -4.43. The maximum Gasteiger partial charge on any atom is 0.335 e. The molecule has 3 aromatic rings. The van der Waals surface area contributed by atoms with Gasteiger partial charge in [0, 0.05) is 16.3 Å². The maximum atomic E-state index is 13.1. The Bertz CT molecular complexity index is 1400. The van der Waals surface area contributed by atoms with E-state index in [2.05, 4.69) is 10.6 Å². The summed E-state index contributed by atoms with van der Waals surface area (Å²) < 4.78 is 5.70. The summed E-state index contributed by atoms with van der Waals surface area (Å²) >= 11 is 5.90. The van der Waals surface area contributed by atoms with E-state index in [4.69, 9.17) is 16.3 Å². The normalized spacial score (nSPS) is 14.6. The lowest BCUT2D eigenvalue weighted by Crippen LogP contribution is -2.54. The van der Waals surface area contributed by atoms with Crippen molar-refractivity contribution in [3.63, 3.8) is 0 Å². The second-order valence-electron chi connectivity index (χ2n) is 8.13. The molecule has 0 spiro atoms. The molecule has 0 atom stereocenters. The molecule has 8 nitrogen and oxygen atoms in total. The van der Waals surface area contributed by atoms with Crippen molar-refractivity contribution >= 4 is 52.8 Å². The third-order valence-corrected chi connectivity index (χ3v) is 5.67. The van der Waals surface area contributed by atoms with Gasteiger partial charge in [0.2, 0.25) is 0 Å². The number of imide groups is 2. The van der Waals surface area contributed by atoms with E-state index in [9.17, 15) is 19.2 Å². The highest BCUT2D eigenvalue weighted by molar-refractivity contribution is 6.39. The van der Waals surface area contributed by atoms with Crippen molar-refractivity contribution in [3.8, 4) is 5.75 Å². The van der Waals surface area contributed by atoms with Crippen LogP contribution in [0.2, 0.25) is 5.02 Å². The molecule has 36 heavy (non-hydrogen) atoms. The standard InChI is InChI=1S/C27H22ClN3O5/c1-16-7-12-22(17(2)13-16)29-24(32)15-36-23-6-4-3-5-18(23)14-21-25(33)30-27(35)31(26(21)34)20-10-8-19(28)9-11-20/h3-14H,15H2,1-2H3,(H,29,32)(H,30,33,35)/b21-14-. The molecule has 3 aromatic carbocycles. The Morgan fingerprint density at radius 1 is 1.03 bits per heavy atom. The van der Waals surface area contributed by atoms with Gasteiger partial charge in [0.15, 0.2) is 6.61 Å². The summed E-state index contributed by atoms with van der Waals surface area (Å²) in [6, 6.07) is 17.5. The lowest BCUT2D eigenvalue weighted by molar-refractivity contribution is -0.122. The molecule has 0 aliphatic carbocycles. The maximum absolute atomic E-state index is 13.1. The third-order valence-electron chi connectivity index (χ3n) is 5.42. The van der Waals surface area contributed by atoms with Gasteiger partial charge in [-0.2, -0.15) is 0 Å². The van der Waals surface area contributed by atoms with Crippen LogP contribution in [0.5, 0.6) is 5.75 Å². The van der Waals surface area contributed by atoms with E-state index in [1.54, 1.807) is 24.3 Å². The van der Waals surface area contributed by atoms with E-state index >= 15 is 0 Å². The van der Waals surface area contributed by atoms with E-state index in [1.807, 2.05) is 32.0 Å². The summed E-state index contributed by atoms with van der Waals surface area (Å²) in [4.78, 5) is 51.3. The van der Waals surface area contributed by atoms with Crippen molar-refractivity contribution in [1.82, 2.24) is 5.32 Å². The Balaban J connectivity index is 1.54. The van der Waals surface area contributed by atoms with Gasteiger partial charge in [0.05, 0.1) is 5.69 Å². The van der Waals surface area contributed by atoms with Crippen LogP contribution in [0.3, 0.4) is 0 Å².